The summed E-state index contributed by atoms with van der Waals surface area (Å²) in [4.78, 5) is 7.78. The Bertz CT molecular complexity index is 989. The number of alkyl halides is 3. The van der Waals surface area contributed by atoms with E-state index in [9.17, 15) is 13.3 Å². The van der Waals surface area contributed by atoms with Gasteiger partial charge in [0.2, 0.25) is 5.82 Å². The molecular formula is C17H16ClF2N4O2P. The first-order valence-corrected chi connectivity index (χ1v) is 10.6. The zero-order chi connectivity index (χ0) is 19.7. The van der Waals surface area contributed by atoms with Crippen LogP contribution in [0.3, 0.4) is 0 Å². The van der Waals surface area contributed by atoms with Gasteiger partial charge in [0, 0.05) is 29.8 Å². The smallest absolute Gasteiger partial charge is 0.336 e. The van der Waals surface area contributed by atoms with Crippen molar-refractivity contribution in [1.29, 1.82) is 0 Å². The molecule has 0 amide bonds. The Morgan fingerprint density at radius 3 is 2.59 bits per heavy atom. The number of pyridine rings is 1. The summed E-state index contributed by atoms with van der Waals surface area (Å²) in [6.45, 7) is 3.57. The monoisotopic (exact) mass is 412 g/mol. The lowest BCUT2D eigenvalue weighted by Gasteiger charge is -2.17. The molecule has 0 saturated heterocycles. The SMILES string of the molecule is Cc1ccccc1NP(C)(=O)Cc1ccc(-c2noc(C(F)(F)Cl)n2)cn1. The van der Waals surface area contributed by atoms with Gasteiger partial charge in [-0.1, -0.05) is 23.4 Å². The highest BCUT2D eigenvalue weighted by Crippen LogP contribution is 2.45. The van der Waals surface area contributed by atoms with Gasteiger partial charge in [-0.25, -0.2) is 0 Å². The Morgan fingerprint density at radius 1 is 1.26 bits per heavy atom. The summed E-state index contributed by atoms with van der Waals surface area (Å²) in [5, 5.41) is 2.82. The van der Waals surface area contributed by atoms with Crippen molar-refractivity contribution < 1.29 is 17.9 Å². The predicted molar refractivity (Wildman–Crippen MR) is 99.3 cm³/mol. The van der Waals surface area contributed by atoms with E-state index in [1.54, 1.807) is 18.8 Å². The second-order valence-electron chi connectivity index (χ2n) is 6.14. The highest BCUT2D eigenvalue weighted by atomic mass is 35.5. The summed E-state index contributed by atoms with van der Waals surface area (Å²) in [5.41, 5.74) is 2.76. The van der Waals surface area contributed by atoms with Crippen LogP contribution in [0.15, 0.2) is 47.1 Å². The predicted octanol–water partition coefficient (Wildman–Crippen LogP) is 5.25. The molecule has 1 N–H and O–H groups in total. The minimum Gasteiger partial charge on any atom is -0.336 e. The van der Waals surface area contributed by atoms with Gasteiger partial charge in [-0.05, 0) is 42.3 Å². The van der Waals surface area contributed by atoms with Gasteiger partial charge >= 0.3 is 11.3 Å². The molecule has 0 radical (unpaired) electrons. The van der Waals surface area contributed by atoms with Gasteiger partial charge in [0.15, 0.2) is 7.29 Å². The maximum Gasteiger partial charge on any atom is 0.400 e. The third kappa shape index (κ3) is 4.90. The molecule has 2 heterocycles. The van der Waals surface area contributed by atoms with Crippen LogP contribution in [0, 0.1) is 6.92 Å². The number of benzene rings is 1. The van der Waals surface area contributed by atoms with Crippen LogP contribution in [0.25, 0.3) is 11.4 Å². The first-order valence-electron chi connectivity index (χ1n) is 7.91. The molecule has 0 fully saturated rings. The molecule has 1 aromatic carbocycles. The second kappa shape index (κ2) is 7.37. The number of rotatable bonds is 6. The molecule has 10 heteroatoms. The Labute approximate surface area is 159 Å². The maximum atomic E-state index is 13.0. The van der Waals surface area contributed by atoms with Crippen molar-refractivity contribution in [2.75, 3.05) is 11.8 Å². The van der Waals surface area contributed by atoms with Crippen molar-refractivity contribution in [3.05, 3.63) is 59.7 Å². The van der Waals surface area contributed by atoms with E-state index < -0.39 is 18.6 Å². The molecule has 0 aliphatic carbocycles. The molecule has 0 aliphatic rings. The summed E-state index contributed by atoms with van der Waals surface area (Å²) in [7, 11) is -2.75. The average molecular weight is 413 g/mol. The van der Waals surface area contributed by atoms with Gasteiger partial charge in [0.25, 0.3) is 0 Å². The minimum absolute atomic E-state index is 0.0536. The molecule has 0 spiro atoms. The number of aromatic nitrogens is 3. The second-order valence-corrected chi connectivity index (χ2v) is 9.36. The lowest BCUT2D eigenvalue weighted by atomic mass is 10.2. The lowest BCUT2D eigenvalue weighted by molar-refractivity contribution is 0.0551. The van der Waals surface area contributed by atoms with Crippen molar-refractivity contribution >= 4 is 24.6 Å². The van der Waals surface area contributed by atoms with Crippen molar-refractivity contribution in [2.24, 2.45) is 0 Å². The summed E-state index contributed by atoms with van der Waals surface area (Å²) >= 11 is 4.85. The summed E-state index contributed by atoms with van der Waals surface area (Å²) in [6, 6.07) is 10.8. The normalized spacial score (nSPS) is 14.0. The van der Waals surface area contributed by atoms with E-state index >= 15 is 0 Å². The fourth-order valence-corrected chi connectivity index (χ4v) is 4.13. The Hall–Kier alpha value is -2.31. The number of anilines is 1. The zero-order valence-corrected chi connectivity index (χ0v) is 16.1. The van der Waals surface area contributed by atoms with Crippen molar-refractivity contribution in [3.8, 4) is 11.4 Å². The number of nitrogens with zero attached hydrogens (tertiary/aromatic N) is 3. The van der Waals surface area contributed by atoms with Gasteiger partial charge in [-0.2, -0.15) is 13.8 Å². The fraction of sp³-hybridized carbons (Fsp3) is 0.235. The highest BCUT2D eigenvalue weighted by Gasteiger charge is 2.35. The molecule has 6 nitrogen and oxygen atoms in total. The topological polar surface area (TPSA) is 80.9 Å². The molecule has 0 saturated carbocycles. The number of hydrogen-bond donors (Lipinski definition) is 1. The Morgan fingerprint density at radius 2 is 2.00 bits per heavy atom. The van der Waals surface area contributed by atoms with E-state index in [4.69, 9.17) is 11.6 Å². The van der Waals surface area contributed by atoms with Gasteiger partial charge in [-0.3, -0.25) is 4.98 Å². The van der Waals surface area contributed by atoms with Crippen LogP contribution >= 0.6 is 18.9 Å². The van der Waals surface area contributed by atoms with E-state index in [1.165, 1.54) is 6.20 Å². The van der Waals surface area contributed by atoms with E-state index in [1.807, 2.05) is 31.2 Å². The molecule has 3 aromatic rings. The Kier molecular flexibility index (Phi) is 5.31. The summed E-state index contributed by atoms with van der Waals surface area (Å²) in [6.07, 6.45) is 1.63. The third-order valence-corrected chi connectivity index (χ3v) is 5.52. The van der Waals surface area contributed by atoms with Crippen molar-refractivity contribution in [3.63, 3.8) is 0 Å². The zero-order valence-electron chi connectivity index (χ0n) is 14.5. The van der Waals surface area contributed by atoms with Crippen LogP contribution in [0.4, 0.5) is 14.5 Å². The van der Waals surface area contributed by atoms with Crippen molar-refractivity contribution in [1.82, 2.24) is 15.1 Å². The van der Waals surface area contributed by atoms with Crippen LogP contribution in [0.5, 0.6) is 0 Å². The maximum absolute atomic E-state index is 13.0. The van der Waals surface area contributed by atoms with E-state index in [-0.39, 0.29) is 12.0 Å². The molecule has 2 aromatic heterocycles. The standard InChI is InChI=1S/C17H16ClF2N4O2P/c1-11-5-3-4-6-14(11)24-27(2,25)10-13-8-7-12(9-21-13)15-22-16(26-23-15)17(18,19)20/h3-9H,10H2,1-2H3,(H,24,25). The average Bonchev–Trinajstić information content (AvgIpc) is 3.07. The molecule has 0 aliphatic heterocycles. The number of para-hydroxylation sites is 1. The molecule has 27 heavy (non-hydrogen) atoms. The van der Waals surface area contributed by atoms with Crippen LogP contribution in [0.1, 0.15) is 17.1 Å². The largest absolute Gasteiger partial charge is 0.400 e. The van der Waals surface area contributed by atoms with Crippen LogP contribution < -0.4 is 5.09 Å². The van der Waals surface area contributed by atoms with Gasteiger partial charge in [-0.15, -0.1) is 0 Å². The van der Waals surface area contributed by atoms with Crippen LogP contribution in [-0.4, -0.2) is 21.8 Å². The molecule has 1 unspecified atom stereocenters. The van der Waals surface area contributed by atoms with Crippen LogP contribution in [0.2, 0.25) is 0 Å². The van der Waals surface area contributed by atoms with E-state index in [2.05, 4.69) is 24.7 Å². The number of aryl methyl sites for hydroxylation is 1. The molecule has 3 rings (SSSR count). The minimum atomic E-state index is -3.73. The van der Waals surface area contributed by atoms with Gasteiger partial charge in [0.05, 0.1) is 6.16 Å². The molecule has 1 atom stereocenters. The Balaban J connectivity index is 1.73. The fourth-order valence-electron chi connectivity index (χ4n) is 2.41. The quantitative estimate of drug-likeness (QED) is 0.440. The number of halogens is 3. The molecular weight excluding hydrogens is 397 g/mol. The molecule has 142 valence electrons. The van der Waals surface area contributed by atoms with Gasteiger partial charge < -0.3 is 14.2 Å². The first-order chi connectivity index (χ1) is 12.6. The van der Waals surface area contributed by atoms with Gasteiger partial charge in [0.1, 0.15) is 0 Å². The lowest BCUT2D eigenvalue weighted by Crippen LogP contribution is -2.03. The van der Waals surface area contributed by atoms with E-state index in [0.717, 1.165) is 11.3 Å². The van der Waals surface area contributed by atoms with Crippen molar-refractivity contribution in [2.45, 2.75) is 18.5 Å². The third-order valence-electron chi connectivity index (χ3n) is 3.72. The highest BCUT2D eigenvalue weighted by molar-refractivity contribution is 7.63. The number of nitrogens with one attached hydrogen (secondary N) is 1. The summed E-state index contributed by atoms with van der Waals surface area (Å²) < 4.78 is 43.2. The summed E-state index contributed by atoms with van der Waals surface area (Å²) in [5.74, 6) is -1.04. The molecule has 0 bridgehead atoms. The van der Waals surface area contributed by atoms with E-state index in [0.29, 0.717) is 11.3 Å². The number of hydrogen-bond acceptors (Lipinski definition) is 5. The first kappa shape index (κ1) is 19.5. The van der Waals surface area contributed by atoms with Crippen LogP contribution in [-0.2, 0) is 16.1 Å².